The van der Waals surface area contributed by atoms with Crippen molar-refractivity contribution >= 4 is 57.5 Å². The van der Waals surface area contributed by atoms with E-state index in [1.54, 1.807) is 53.7 Å². The van der Waals surface area contributed by atoms with Gasteiger partial charge in [-0.25, -0.2) is 4.99 Å². The molecule has 4 nitrogen and oxygen atoms in total. The van der Waals surface area contributed by atoms with Gasteiger partial charge in [-0.3, -0.25) is 9.69 Å². The van der Waals surface area contributed by atoms with E-state index in [2.05, 4.69) is 11.6 Å². The molecule has 0 saturated carbocycles. The normalized spacial score (nSPS) is 15.6. The summed E-state index contributed by atoms with van der Waals surface area (Å²) in [6, 6.07) is 9.12. The Morgan fingerprint density at radius 1 is 1.44 bits per heavy atom. The van der Waals surface area contributed by atoms with E-state index in [-0.39, 0.29) is 5.91 Å². The number of rotatable bonds is 5. The van der Waals surface area contributed by atoms with Crippen molar-refractivity contribution in [3.8, 4) is 5.75 Å². The van der Waals surface area contributed by atoms with Crippen molar-refractivity contribution < 1.29 is 9.53 Å². The Balaban J connectivity index is 1.99. The van der Waals surface area contributed by atoms with E-state index in [0.29, 0.717) is 33.1 Å². The molecule has 2 aromatic rings. The second kappa shape index (κ2) is 7.91. The number of aliphatic imine (C=N–C) groups is 1. The molecule has 1 aromatic carbocycles. The summed E-state index contributed by atoms with van der Waals surface area (Å²) in [5, 5.41) is 3.01. The number of ether oxygens (including phenoxy) is 1. The van der Waals surface area contributed by atoms with E-state index in [0.717, 1.165) is 4.88 Å². The molecule has 128 valence electrons. The summed E-state index contributed by atoms with van der Waals surface area (Å²) in [4.78, 5) is 20.0. The van der Waals surface area contributed by atoms with Crippen LogP contribution in [0.3, 0.4) is 0 Å². The van der Waals surface area contributed by atoms with Crippen LogP contribution in [0, 0.1) is 0 Å². The van der Waals surface area contributed by atoms with Gasteiger partial charge in [-0.15, -0.1) is 17.9 Å². The molecule has 7 heteroatoms. The Hall–Kier alpha value is -2.02. The number of amidine groups is 1. The monoisotopic (exact) mass is 390 g/mol. The smallest absolute Gasteiger partial charge is 0.283 e. The second-order valence-electron chi connectivity index (χ2n) is 5.00. The predicted molar refractivity (Wildman–Crippen MR) is 108 cm³/mol. The molecular formula is C18H15ClN2O2S2. The fourth-order valence-electron chi connectivity index (χ4n) is 2.26. The molecule has 25 heavy (non-hydrogen) atoms. The van der Waals surface area contributed by atoms with E-state index in [4.69, 9.17) is 16.3 Å². The van der Waals surface area contributed by atoms with Gasteiger partial charge in [0.15, 0.2) is 5.17 Å². The first-order valence-corrected chi connectivity index (χ1v) is 9.64. The zero-order chi connectivity index (χ0) is 17.8. The Bertz CT molecular complexity index is 860. The zero-order valence-corrected chi connectivity index (χ0v) is 15.8. The lowest BCUT2D eigenvalue weighted by Crippen LogP contribution is -2.30. The van der Waals surface area contributed by atoms with Crippen LogP contribution in [0.1, 0.15) is 4.88 Å². The number of benzene rings is 1. The minimum absolute atomic E-state index is 0.179. The number of hydrogen-bond acceptors (Lipinski definition) is 5. The van der Waals surface area contributed by atoms with Gasteiger partial charge in [0.25, 0.3) is 5.91 Å². The summed E-state index contributed by atoms with van der Waals surface area (Å²) in [7, 11) is 1.55. The van der Waals surface area contributed by atoms with E-state index in [9.17, 15) is 4.79 Å². The topological polar surface area (TPSA) is 41.9 Å². The van der Waals surface area contributed by atoms with Gasteiger partial charge in [-0.05, 0) is 35.7 Å². The third-order valence-corrected chi connectivity index (χ3v) is 5.42. The number of hydrogen-bond donors (Lipinski definition) is 0. The summed E-state index contributed by atoms with van der Waals surface area (Å²) in [5.74, 6) is 1.03. The maximum Gasteiger partial charge on any atom is 0.283 e. The van der Waals surface area contributed by atoms with Crippen molar-refractivity contribution in [1.29, 1.82) is 0 Å². The fraction of sp³-hybridized carbons (Fsp3) is 0.111. The lowest BCUT2D eigenvalue weighted by atomic mass is 10.2. The molecule has 0 bridgehead atoms. The molecule has 1 aliphatic rings. The van der Waals surface area contributed by atoms with Crippen molar-refractivity contribution in [1.82, 2.24) is 0 Å². The third-order valence-electron chi connectivity index (χ3n) is 3.38. The Labute approximate surface area is 159 Å². The van der Waals surface area contributed by atoms with Crippen LogP contribution in [-0.4, -0.2) is 23.9 Å². The maximum absolute atomic E-state index is 12.9. The summed E-state index contributed by atoms with van der Waals surface area (Å²) in [6.07, 6.45) is 3.57. The quantitative estimate of drug-likeness (QED) is 0.528. The molecule has 0 fully saturated rings. The standard InChI is InChI=1S/C18H15ClN2O2S2/c1-3-8-25-18-20-15(11-13-5-4-9-24-13)17(22)21(18)12-6-7-16(23-2)14(19)10-12/h3-7,9-11H,1,8H2,2H3/b15-11-. The van der Waals surface area contributed by atoms with Crippen LogP contribution in [0.4, 0.5) is 5.69 Å². The highest BCUT2D eigenvalue weighted by molar-refractivity contribution is 8.14. The minimum atomic E-state index is -0.179. The van der Waals surface area contributed by atoms with Crippen LogP contribution in [-0.2, 0) is 4.79 Å². The number of nitrogens with zero attached hydrogens (tertiary/aromatic N) is 2. The lowest BCUT2D eigenvalue weighted by molar-refractivity contribution is -0.113. The maximum atomic E-state index is 12.9. The zero-order valence-electron chi connectivity index (χ0n) is 13.4. The fourth-order valence-corrected chi connectivity index (χ4v) is 3.91. The van der Waals surface area contributed by atoms with Gasteiger partial charge >= 0.3 is 0 Å². The predicted octanol–water partition coefficient (Wildman–Crippen LogP) is 5.07. The van der Waals surface area contributed by atoms with Gasteiger partial charge in [0, 0.05) is 10.6 Å². The van der Waals surface area contributed by atoms with Crippen LogP contribution in [0.5, 0.6) is 5.75 Å². The summed E-state index contributed by atoms with van der Waals surface area (Å²) in [5.41, 5.74) is 1.06. The molecule has 0 spiro atoms. The highest BCUT2D eigenvalue weighted by atomic mass is 35.5. The van der Waals surface area contributed by atoms with Crippen LogP contribution >= 0.6 is 34.7 Å². The molecule has 0 atom stereocenters. The molecule has 0 aliphatic carbocycles. The van der Waals surface area contributed by atoms with E-state index >= 15 is 0 Å². The Morgan fingerprint density at radius 2 is 2.28 bits per heavy atom. The number of halogens is 1. The number of amides is 1. The highest BCUT2D eigenvalue weighted by Gasteiger charge is 2.32. The summed E-state index contributed by atoms with van der Waals surface area (Å²) >= 11 is 9.23. The molecular weight excluding hydrogens is 376 g/mol. The first kappa shape index (κ1) is 17.8. The van der Waals surface area contributed by atoms with Gasteiger partial charge in [-0.1, -0.05) is 35.5 Å². The van der Waals surface area contributed by atoms with E-state index < -0.39 is 0 Å². The average molecular weight is 391 g/mol. The molecule has 0 radical (unpaired) electrons. The Kier molecular flexibility index (Phi) is 5.63. The van der Waals surface area contributed by atoms with E-state index in [1.165, 1.54) is 11.8 Å². The number of anilines is 1. The van der Waals surface area contributed by atoms with Gasteiger partial charge < -0.3 is 4.74 Å². The number of methoxy groups -OCH3 is 1. The number of carbonyl (C=O) groups excluding carboxylic acids is 1. The van der Waals surface area contributed by atoms with E-state index in [1.807, 2.05) is 17.5 Å². The minimum Gasteiger partial charge on any atom is -0.495 e. The largest absolute Gasteiger partial charge is 0.495 e. The first-order valence-electron chi connectivity index (χ1n) is 7.39. The van der Waals surface area contributed by atoms with Crippen LogP contribution in [0.25, 0.3) is 6.08 Å². The Morgan fingerprint density at radius 3 is 2.92 bits per heavy atom. The summed E-state index contributed by atoms with van der Waals surface area (Å²) in [6.45, 7) is 3.73. The molecule has 1 amide bonds. The molecule has 3 rings (SSSR count). The van der Waals surface area contributed by atoms with Crippen molar-refractivity contribution in [3.63, 3.8) is 0 Å². The van der Waals surface area contributed by atoms with Crippen molar-refractivity contribution in [2.75, 3.05) is 17.8 Å². The molecule has 1 aliphatic heterocycles. The SMILES string of the molecule is C=CCSC1=N/C(=C\c2cccs2)C(=O)N1c1ccc(OC)c(Cl)c1. The highest BCUT2D eigenvalue weighted by Crippen LogP contribution is 2.34. The molecule has 0 unspecified atom stereocenters. The number of carbonyl (C=O) groups is 1. The van der Waals surface area contributed by atoms with Gasteiger partial charge in [-0.2, -0.15) is 0 Å². The third kappa shape index (κ3) is 3.81. The van der Waals surface area contributed by atoms with Crippen molar-refractivity contribution in [2.24, 2.45) is 4.99 Å². The van der Waals surface area contributed by atoms with Crippen molar-refractivity contribution in [2.45, 2.75) is 0 Å². The number of thiophene rings is 1. The van der Waals surface area contributed by atoms with Gasteiger partial charge in [0.1, 0.15) is 11.4 Å². The van der Waals surface area contributed by atoms with Gasteiger partial charge in [0.2, 0.25) is 0 Å². The van der Waals surface area contributed by atoms with Crippen LogP contribution in [0.15, 0.2) is 59.1 Å². The number of thioether (sulfide) groups is 1. The van der Waals surface area contributed by atoms with Crippen LogP contribution < -0.4 is 9.64 Å². The van der Waals surface area contributed by atoms with Crippen LogP contribution in [0.2, 0.25) is 5.02 Å². The second-order valence-corrected chi connectivity index (χ2v) is 7.37. The molecule has 1 aromatic heterocycles. The summed E-state index contributed by atoms with van der Waals surface area (Å²) < 4.78 is 5.18. The molecule has 2 heterocycles. The first-order chi connectivity index (χ1) is 12.1. The van der Waals surface area contributed by atoms with Gasteiger partial charge in [0.05, 0.1) is 17.8 Å². The average Bonchev–Trinajstić information content (AvgIpc) is 3.22. The van der Waals surface area contributed by atoms with Crippen molar-refractivity contribution in [3.05, 3.63) is 64.0 Å². The molecule has 0 saturated heterocycles. The molecule has 0 N–H and O–H groups in total. The lowest BCUT2D eigenvalue weighted by Gasteiger charge is -2.18.